The Balaban J connectivity index is 2.12. The average molecular weight is 278 g/mol. The molecule has 0 aliphatic heterocycles. The number of carboxylic acids is 1. The predicted molar refractivity (Wildman–Crippen MR) is 68.8 cm³/mol. The van der Waals surface area contributed by atoms with Crippen LogP contribution in [-0.4, -0.2) is 11.1 Å². The summed E-state index contributed by atoms with van der Waals surface area (Å²) in [7, 11) is 0. The first kappa shape index (κ1) is 14.0. The van der Waals surface area contributed by atoms with E-state index in [1.165, 1.54) is 18.2 Å². The van der Waals surface area contributed by atoms with E-state index < -0.39 is 17.3 Å². The second kappa shape index (κ2) is 5.69. The average Bonchev–Trinajstić information content (AvgIpc) is 2.41. The Morgan fingerprint density at radius 2 is 1.90 bits per heavy atom. The van der Waals surface area contributed by atoms with Crippen LogP contribution in [0.15, 0.2) is 36.4 Å². The van der Waals surface area contributed by atoms with E-state index in [-0.39, 0.29) is 12.4 Å². The first-order valence-electron chi connectivity index (χ1n) is 5.88. The molecule has 5 heteroatoms. The number of aromatic carboxylic acids is 1. The normalized spacial score (nSPS) is 10.3. The Kier molecular flexibility index (Phi) is 3.98. The van der Waals surface area contributed by atoms with E-state index in [4.69, 9.17) is 9.84 Å². The molecule has 0 radical (unpaired) electrons. The van der Waals surface area contributed by atoms with Crippen LogP contribution >= 0.6 is 0 Å². The largest absolute Gasteiger partial charge is 0.489 e. The molecule has 0 unspecified atom stereocenters. The first-order chi connectivity index (χ1) is 9.47. The van der Waals surface area contributed by atoms with E-state index in [2.05, 4.69) is 0 Å². The number of ether oxygens (including phenoxy) is 1. The fourth-order valence-corrected chi connectivity index (χ4v) is 1.66. The zero-order valence-electron chi connectivity index (χ0n) is 10.7. The Labute approximate surface area is 114 Å². The van der Waals surface area contributed by atoms with Crippen LogP contribution in [0.25, 0.3) is 0 Å². The van der Waals surface area contributed by atoms with E-state index in [1.807, 2.05) is 0 Å². The Morgan fingerprint density at radius 3 is 2.55 bits per heavy atom. The molecule has 0 spiro atoms. The molecular weight excluding hydrogens is 266 g/mol. The van der Waals surface area contributed by atoms with Crippen molar-refractivity contribution in [1.82, 2.24) is 0 Å². The van der Waals surface area contributed by atoms with Gasteiger partial charge in [0.25, 0.3) is 0 Å². The van der Waals surface area contributed by atoms with Crippen LogP contribution in [0, 0.1) is 18.6 Å². The molecule has 2 aromatic carbocycles. The molecule has 0 aliphatic carbocycles. The standard InChI is InChI=1S/C15H12F2O3/c1-9-2-4-11(7-14(9)17)20-8-10-3-5-13(16)12(6-10)15(18)19/h2-7H,8H2,1H3,(H,18,19). The number of carboxylic acid groups (broad SMARTS) is 1. The van der Waals surface area contributed by atoms with Gasteiger partial charge in [-0.15, -0.1) is 0 Å². The smallest absolute Gasteiger partial charge is 0.338 e. The second-order valence-corrected chi connectivity index (χ2v) is 4.32. The summed E-state index contributed by atoms with van der Waals surface area (Å²) in [5.74, 6) is -2.20. The Bertz CT molecular complexity index is 654. The van der Waals surface area contributed by atoms with E-state index in [0.29, 0.717) is 16.9 Å². The monoisotopic (exact) mass is 278 g/mol. The van der Waals surface area contributed by atoms with Crippen LogP contribution in [0.2, 0.25) is 0 Å². The van der Waals surface area contributed by atoms with Crippen LogP contribution in [0.1, 0.15) is 21.5 Å². The van der Waals surface area contributed by atoms with Gasteiger partial charge in [-0.3, -0.25) is 0 Å². The number of hydrogen-bond donors (Lipinski definition) is 1. The highest BCUT2D eigenvalue weighted by molar-refractivity contribution is 5.88. The molecule has 0 heterocycles. The van der Waals surface area contributed by atoms with Gasteiger partial charge >= 0.3 is 5.97 Å². The summed E-state index contributed by atoms with van der Waals surface area (Å²) in [6, 6.07) is 8.13. The third kappa shape index (κ3) is 3.12. The number of benzene rings is 2. The molecule has 0 fully saturated rings. The molecule has 0 amide bonds. The van der Waals surface area contributed by atoms with E-state index >= 15 is 0 Å². The highest BCUT2D eigenvalue weighted by Crippen LogP contribution is 2.18. The fraction of sp³-hybridized carbons (Fsp3) is 0.133. The van der Waals surface area contributed by atoms with Gasteiger partial charge in [-0.2, -0.15) is 0 Å². The van der Waals surface area contributed by atoms with Crippen LogP contribution in [0.3, 0.4) is 0 Å². The van der Waals surface area contributed by atoms with Crippen molar-refractivity contribution in [2.24, 2.45) is 0 Å². The summed E-state index contributed by atoms with van der Waals surface area (Å²) >= 11 is 0. The molecular formula is C15H12F2O3. The first-order valence-corrected chi connectivity index (χ1v) is 5.88. The number of carbonyl (C=O) groups is 1. The van der Waals surface area contributed by atoms with Crippen molar-refractivity contribution in [3.05, 3.63) is 64.7 Å². The number of hydrogen-bond acceptors (Lipinski definition) is 2. The van der Waals surface area contributed by atoms with Crippen molar-refractivity contribution in [1.29, 1.82) is 0 Å². The van der Waals surface area contributed by atoms with Gasteiger partial charge in [0.1, 0.15) is 24.0 Å². The third-order valence-corrected chi connectivity index (χ3v) is 2.81. The quantitative estimate of drug-likeness (QED) is 0.930. The van der Waals surface area contributed by atoms with Gasteiger partial charge in [0.2, 0.25) is 0 Å². The predicted octanol–water partition coefficient (Wildman–Crippen LogP) is 3.55. The minimum absolute atomic E-state index is 0.0308. The van der Waals surface area contributed by atoms with Gasteiger partial charge < -0.3 is 9.84 Å². The summed E-state index contributed by atoms with van der Waals surface area (Å²) in [6.45, 7) is 1.67. The van der Waals surface area contributed by atoms with E-state index in [9.17, 15) is 13.6 Å². The van der Waals surface area contributed by atoms with Gasteiger partial charge in [-0.05, 0) is 36.2 Å². The minimum Gasteiger partial charge on any atom is -0.489 e. The number of aryl methyl sites for hydroxylation is 1. The number of halogens is 2. The molecule has 0 saturated carbocycles. The van der Waals surface area contributed by atoms with Crippen molar-refractivity contribution >= 4 is 5.97 Å². The highest BCUT2D eigenvalue weighted by atomic mass is 19.1. The second-order valence-electron chi connectivity index (χ2n) is 4.32. The highest BCUT2D eigenvalue weighted by Gasteiger charge is 2.11. The van der Waals surface area contributed by atoms with Crippen molar-refractivity contribution in [3.8, 4) is 5.75 Å². The van der Waals surface area contributed by atoms with E-state index in [0.717, 1.165) is 6.07 Å². The van der Waals surface area contributed by atoms with Crippen LogP contribution < -0.4 is 4.74 Å². The maximum atomic E-state index is 13.3. The van der Waals surface area contributed by atoms with Crippen molar-refractivity contribution in [2.45, 2.75) is 13.5 Å². The summed E-state index contributed by atoms with van der Waals surface area (Å²) in [4.78, 5) is 10.8. The number of rotatable bonds is 4. The lowest BCUT2D eigenvalue weighted by Gasteiger charge is -2.08. The molecule has 104 valence electrons. The molecule has 2 aromatic rings. The molecule has 20 heavy (non-hydrogen) atoms. The van der Waals surface area contributed by atoms with Gasteiger partial charge in [0.05, 0.1) is 5.56 Å². The van der Waals surface area contributed by atoms with Gasteiger partial charge in [0, 0.05) is 6.07 Å². The summed E-state index contributed by atoms with van der Waals surface area (Å²) < 4.78 is 31.9. The van der Waals surface area contributed by atoms with Crippen LogP contribution in [0.5, 0.6) is 5.75 Å². The lowest BCUT2D eigenvalue weighted by atomic mass is 10.1. The molecule has 0 atom stereocenters. The molecule has 0 aromatic heterocycles. The van der Waals surface area contributed by atoms with Gasteiger partial charge in [-0.25, -0.2) is 13.6 Å². The topological polar surface area (TPSA) is 46.5 Å². The molecule has 0 aliphatic rings. The lowest BCUT2D eigenvalue weighted by Crippen LogP contribution is -2.03. The molecule has 0 bridgehead atoms. The van der Waals surface area contributed by atoms with Gasteiger partial charge in [0.15, 0.2) is 0 Å². The molecule has 0 saturated heterocycles. The molecule has 2 rings (SSSR count). The molecule has 3 nitrogen and oxygen atoms in total. The Hall–Kier alpha value is -2.43. The van der Waals surface area contributed by atoms with Crippen LogP contribution in [0.4, 0.5) is 8.78 Å². The summed E-state index contributed by atoms with van der Waals surface area (Å²) in [6.07, 6.45) is 0. The van der Waals surface area contributed by atoms with Crippen molar-refractivity contribution in [3.63, 3.8) is 0 Å². The van der Waals surface area contributed by atoms with E-state index in [1.54, 1.807) is 19.1 Å². The summed E-state index contributed by atoms with van der Waals surface area (Å²) in [5, 5.41) is 8.81. The fourth-order valence-electron chi connectivity index (χ4n) is 1.66. The van der Waals surface area contributed by atoms with Crippen molar-refractivity contribution < 1.29 is 23.4 Å². The van der Waals surface area contributed by atoms with Crippen LogP contribution in [-0.2, 0) is 6.61 Å². The third-order valence-electron chi connectivity index (χ3n) is 2.81. The lowest BCUT2D eigenvalue weighted by molar-refractivity contribution is 0.0691. The maximum Gasteiger partial charge on any atom is 0.338 e. The SMILES string of the molecule is Cc1ccc(OCc2ccc(F)c(C(=O)O)c2)cc1F. The molecule has 1 N–H and O–H groups in total. The maximum absolute atomic E-state index is 13.3. The Morgan fingerprint density at radius 1 is 1.15 bits per heavy atom. The van der Waals surface area contributed by atoms with Crippen molar-refractivity contribution in [2.75, 3.05) is 0 Å². The zero-order valence-corrected chi connectivity index (χ0v) is 10.7. The van der Waals surface area contributed by atoms with Gasteiger partial charge in [-0.1, -0.05) is 12.1 Å². The zero-order chi connectivity index (χ0) is 14.7. The minimum atomic E-state index is -1.34. The summed E-state index contributed by atoms with van der Waals surface area (Å²) in [5.41, 5.74) is 0.582.